The fourth-order valence-corrected chi connectivity index (χ4v) is 5.48. The van der Waals surface area contributed by atoms with Gasteiger partial charge < -0.3 is 9.80 Å². The number of unbranched alkanes of at least 4 members (excludes halogenated alkanes) is 13. The summed E-state index contributed by atoms with van der Waals surface area (Å²) in [5.74, 6) is 2.98. The first-order valence-electron chi connectivity index (χ1n) is 14.7. The molecule has 3 aliphatic rings. The van der Waals surface area contributed by atoms with Crippen molar-refractivity contribution >= 4 is 5.91 Å². The van der Waals surface area contributed by atoms with E-state index in [4.69, 9.17) is 6.42 Å². The third kappa shape index (κ3) is 13.5. The molecule has 3 rings (SSSR count). The molecule has 0 radical (unpaired) electrons. The van der Waals surface area contributed by atoms with Gasteiger partial charge in [0.05, 0.1) is 26.2 Å². The van der Waals surface area contributed by atoms with E-state index < -0.39 is 0 Å². The van der Waals surface area contributed by atoms with Crippen molar-refractivity contribution in [1.29, 1.82) is 0 Å². The lowest BCUT2D eigenvalue weighted by Gasteiger charge is -2.50. The molecule has 3 aliphatic heterocycles. The number of rotatable bonds is 21. The number of allylic oxidation sites excluding steroid dienone is 2. The van der Waals surface area contributed by atoms with Crippen molar-refractivity contribution in [3.8, 4) is 12.3 Å². The molecular weight excluding hydrogens is 418 g/mol. The molecule has 0 spiro atoms. The summed E-state index contributed by atoms with van der Waals surface area (Å²) >= 11 is 0. The molecule has 0 aromatic rings. The van der Waals surface area contributed by atoms with Crippen LogP contribution in [0, 0.1) is 12.3 Å². The summed E-state index contributed by atoms with van der Waals surface area (Å²) in [5.41, 5.74) is 0. The number of piperazine rings is 3. The van der Waals surface area contributed by atoms with Crippen molar-refractivity contribution in [3.05, 3.63) is 12.2 Å². The van der Waals surface area contributed by atoms with Crippen LogP contribution in [0.4, 0.5) is 0 Å². The second kappa shape index (κ2) is 18.9. The first-order chi connectivity index (χ1) is 16.7. The van der Waals surface area contributed by atoms with E-state index in [9.17, 15) is 4.79 Å². The van der Waals surface area contributed by atoms with Gasteiger partial charge >= 0.3 is 0 Å². The topological polar surface area (TPSA) is 32.3 Å². The van der Waals surface area contributed by atoms with E-state index in [2.05, 4.69) is 28.3 Å². The highest BCUT2D eigenvalue weighted by atomic mass is 16.1. The van der Waals surface area contributed by atoms with E-state index >= 15 is 0 Å². The second-order valence-corrected chi connectivity index (χ2v) is 10.8. The molecule has 1 N–H and O–H groups in total. The third-order valence-corrected chi connectivity index (χ3v) is 7.94. The van der Waals surface area contributed by atoms with E-state index in [1.807, 2.05) is 0 Å². The molecule has 1 amide bonds. The summed E-state index contributed by atoms with van der Waals surface area (Å²) in [7, 11) is 0. The number of nitrogens with zero attached hydrogens (tertiary/aromatic N) is 2. The summed E-state index contributed by atoms with van der Waals surface area (Å²) in [5, 5.41) is 3.16. The number of hydrogen-bond acceptors (Lipinski definition) is 2. The Hall–Kier alpha value is -1.31. The molecule has 3 heterocycles. The molecule has 194 valence electrons. The van der Waals surface area contributed by atoms with Crippen LogP contribution in [0.1, 0.15) is 109 Å². The second-order valence-electron chi connectivity index (χ2n) is 10.8. The van der Waals surface area contributed by atoms with Gasteiger partial charge in [-0.3, -0.25) is 9.69 Å². The number of carbonyl (C=O) groups is 1. The van der Waals surface area contributed by atoms with Gasteiger partial charge in [-0.2, -0.15) is 0 Å². The fraction of sp³-hybridized carbons (Fsp3) is 0.833. The maximum atomic E-state index is 12.1. The maximum absolute atomic E-state index is 12.1. The zero-order chi connectivity index (χ0) is 24.2. The van der Waals surface area contributed by atoms with Crippen LogP contribution in [0.15, 0.2) is 12.2 Å². The van der Waals surface area contributed by atoms with Crippen molar-refractivity contribution in [2.45, 2.75) is 109 Å². The zero-order valence-electron chi connectivity index (χ0n) is 22.2. The number of terminal acetylenes is 1. The van der Waals surface area contributed by atoms with Crippen molar-refractivity contribution in [2.24, 2.45) is 0 Å². The molecule has 0 aromatic heterocycles. The highest BCUT2D eigenvalue weighted by Gasteiger charge is 2.37. The molecule has 0 aliphatic carbocycles. The van der Waals surface area contributed by atoms with Crippen LogP contribution in [0.25, 0.3) is 0 Å². The van der Waals surface area contributed by atoms with Crippen LogP contribution in [0.3, 0.4) is 0 Å². The van der Waals surface area contributed by atoms with Crippen molar-refractivity contribution < 1.29 is 9.28 Å². The van der Waals surface area contributed by atoms with Gasteiger partial charge in [0, 0.05) is 45.4 Å². The van der Waals surface area contributed by atoms with Crippen molar-refractivity contribution in [3.63, 3.8) is 0 Å². The van der Waals surface area contributed by atoms with Gasteiger partial charge in [0.25, 0.3) is 0 Å². The SMILES string of the molecule is C#CCCCCCCCCC=CCCCCCCCCC(=O)NCCC[N+]12CCN(CC1)CC2. The predicted molar refractivity (Wildman–Crippen MR) is 146 cm³/mol. The number of fused-ring (bicyclic) bond motifs is 3. The lowest BCUT2D eigenvalue weighted by atomic mass is 10.1. The lowest BCUT2D eigenvalue weighted by Crippen LogP contribution is -2.67. The van der Waals surface area contributed by atoms with Crippen molar-refractivity contribution in [1.82, 2.24) is 10.2 Å². The van der Waals surface area contributed by atoms with Gasteiger partial charge in [0.2, 0.25) is 5.91 Å². The molecule has 0 aromatic carbocycles. The molecule has 2 bridgehead atoms. The summed E-state index contributed by atoms with van der Waals surface area (Å²) in [6.07, 6.45) is 30.7. The van der Waals surface area contributed by atoms with Gasteiger partial charge in [-0.1, -0.05) is 63.5 Å². The monoisotopic (exact) mass is 472 g/mol. The minimum Gasteiger partial charge on any atom is -0.356 e. The highest BCUT2D eigenvalue weighted by Crippen LogP contribution is 2.19. The van der Waals surface area contributed by atoms with Crippen LogP contribution in [-0.4, -0.2) is 67.6 Å². The largest absolute Gasteiger partial charge is 0.356 e. The van der Waals surface area contributed by atoms with E-state index in [0.717, 1.165) is 25.8 Å². The Morgan fingerprint density at radius 2 is 1.29 bits per heavy atom. The standard InChI is InChI=1S/C30H53N3O/c1-2-3-4-5-6-7-8-9-10-11-12-13-14-15-16-17-18-19-21-30(34)31-22-20-26-33-27-23-32(24-28-33)25-29-33/h1,11-12H,3-10,13-29H2/p+1. The Balaban J connectivity index is 1.27. The van der Waals surface area contributed by atoms with Crippen LogP contribution >= 0.6 is 0 Å². The van der Waals surface area contributed by atoms with Gasteiger partial charge in [0.15, 0.2) is 0 Å². The van der Waals surface area contributed by atoms with Crippen LogP contribution < -0.4 is 5.32 Å². The Labute approximate surface area is 211 Å². The smallest absolute Gasteiger partial charge is 0.219 e. The molecule has 3 fully saturated rings. The summed E-state index contributed by atoms with van der Waals surface area (Å²) in [4.78, 5) is 14.7. The number of hydrogen-bond donors (Lipinski definition) is 1. The van der Waals surface area contributed by atoms with Crippen LogP contribution in [0.5, 0.6) is 0 Å². The lowest BCUT2D eigenvalue weighted by molar-refractivity contribution is -0.941. The minimum absolute atomic E-state index is 0.262. The summed E-state index contributed by atoms with van der Waals surface area (Å²) < 4.78 is 1.30. The van der Waals surface area contributed by atoms with E-state index in [1.54, 1.807) is 0 Å². The zero-order valence-corrected chi connectivity index (χ0v) is 22.2. The predicted octanol–water partition coefficient (Wildman–Crippen LogP) is 6.07. The molecule has 0 atom stereocenters. The van der Waals surface area contributed by atoms with Gasteiger partial charge in [-0.05, 0) is 38.5 Å². The summed E-state index contributed by atoms with van der Waals surface area (Å²) in [6, 6.07) is 0. The average Bonchev–Trinajstić information content (AvgIpc) is 2.87. The Bertz CT molecular complexity index is 573. The Kier molecular flexibility index (Phi) is 16.1. The normalized spacial score (nSPS) is 21.7. The molecular formula is C30H54N3O+. The molecule has 34 heavy (non-hydrogen) atoms. The van der Waals surface area contributed by atoms with Gasteiger partial charge in [-0.15, -0.1) is 12.3 Å². The van der Waals surface area contributed by atoms with Crippen LogP contribution in [-0.2, 0) is 4.79 Å². The molecule has 3 saturated heterocycles. The molecule has 0 unspecified atom stereocenters. The average molecular weight is 473 g/mol. The number of carbonyl (C=O) groups excluding carboxylic acids is 1. The first kappa shape index (κ1) is 28.9. The van der Waals surface area contributed by atoms with Crippen LogP contribution in [0.2, 0.25) is 0 Å². The molecule has 4 nitrogen and oxygen atoms in total. The van der Waals surface area contributed by atoms with E-state index in [0.29, 0.717) is 6.42 Å². The summed E-state index contributed by atoms with van der Waals surface area (Å²) in [6.45, 7) is 9.90. The molecule has 4 heteroatoms. The van der Waals surface area contributed by atoms with Gasteiger partial charge in [-0.25, -0.2) is 0 Å². The number of quaternary nitrogens is 1. The van der Waals surface area contributed by atoms with Crippen molar-refractivity contribution in [2.75, 3.05) is 52.4 Å². The maximum Gasteiger partial charge on any atom is 0.219 e. The Morgan fingerprint density at radius 3 is 1.88 bits per heavy atom. The van der Waals surface area contributed by atoms with Gasteiger partial charge in [0.1, 0.15) is 0 Å². The van der Waals surface area contributed by atoms with E-state index in [-0.39, 0.29) is 5.91 Å². The molecule has 0 saturated carbocycles. The quantitative estimate of drug-likeness (QED) is 0.0951. The fourth-order valence-electron chi connectivity index (χ4n) is 5.48. The minimum atomic E-state index is 0.262. The third-order valence-electron chi connectivity index (χ3n) is 7.94. The Morgan fingerprint density at radius 1 is 0.765 bits per heavy atom. The number of nitrogens with one attached hydrogen (secondary N) is 1. The first-order valence-corrected chi connectivity index (χ1v) is 14.7. The number of amides is 1. The van der Waals surface area contributed by atoms with E-state index in [1.165, 1.54) is 134 Å². The highest BCUT2D eigenvalue weighted by molar-refractivity contribution is 5.75.